The van der Waals surface area contributed by atoms with Crippen LogP contribution in [0.1, 0.15) is 11.6 Å². The molecule has 3 N–H and O–H groups in total. The van der Waals surface area contributed by atoms with Gasteiger partial charge in [0.25, 0.3) is 0 Å². The van der Waals surface area contributed by atoms with Crippen molar-refractivity contribution in [1.29, 1.82) is 0 Å². The first-order chi connectivity index (χ1) is 9.97. The van der Waals surface area contributed by atoms with Crippen LogP contribution in [0.5, 0.6) is 0 Å². The van der Waals surface area contributed by atoms with Crippen molar-refractivity contribution in [2.75, 3.05) is 40.9 Å². The molecule has 8 heteroatoms. The molecule has 1 aromatic carbocycles. The summed E-state index contributed by atoms with van der Waals surface area (Å²) < 4.78 is 32.6. The Hall–Kier alpha value is -1.000. The number of hydrogen-bond donors (Lipinski definition) is 2. The van der Waals surface area contributed by atoms with Crippen LogP contribution >= 0.6 is 24.0 Å². The molecule has 0 saturated carbocycles. The summed E-state index contributed by atoms with van der Waals surface area (Å²) in [6, 6.07) is 3.27. The Kier molecular flexibility index (Phi) is 10.2. The van der Waals surface area contributed by atoms with Crippen LogP contribution in [-0.2, 0) is 4.74 Å². The van der Waals surface area contributed by atoms with Gasteiger partial charge in [0.05, 0.1) is 19.2 Å². The van der Waals surface area contributed by atoms with E-state index in [2.05, 4.69) is 10.3 Å². The van der Waals surface area contributed by atoms with Crippen LogP contribution in [-0.4, -0.2) is 51.8 Å². The number of halogens is 3. The molecule has 126 valence electrons. The molecule has 22 heavy (non-hydrogen) atoms. The van der Waals surface area contributed by atoms with Crippen molar-refractivity contribution in [3.63, 3.8) is 0 Å². The van der Waals surface area contributed by atoms with E-state index in [-0.39, 0.29) is 42.0 Å². The van der Waals surface area contributed by atoms with E-state index in [4.69, 9.17) is 10.5 Å². The van der Waals surface area contributed by atoms with E-state index in [9.17, 15) is 8.78 Å². The molecule has 0 aliphatic heterocycles. The molecule has 1 rings (SSSR count). The summed E-state index contributed by atoms with van der Waals surface area (Å²) in [5.74, 6) is -0.958. The monoisotopic (exact) mass is 428 g/mol. The summed E-state index contributed by atoms with van der Waals surface area (Å²) in [4.78, 5) is 5.83. The van der Waals surface area contributed by atoms with Crippen molar-refractivity contribution in [2.24, 2.45) is 10.7 Å². The predicted molar refractivity (Wildman–Crippen MR) is 94.6 cm³/mol. The molecule has 0 radical (unpaired) electrons. The number of ether oxygens (including phenoxy) is 1. The number of rotatable bonds is 7. The maximum atomic E-state index is 13.9. The van der Waals surface area contributed by atoms with E-state index >= 15 is 0 Å². The highest BCUT2D eigenvalue weighted by molar-refractivity contribution is 14.0. The van der Waals surface area contributed by atoms with E-state index in [1.54, 1.807) is 26.1 Å². The molecule has 1 aromatic rings. The van der Waals surface area contributed by atoms with Crippen molar-refractivity contribution in [3.05, 3.63) is 35.4 Å². The Bertz CT molecular complexity index is 466. The second kappa shape index (κ2) is 10.7. The fraction of sp³-hybridized carbons (Fsp3) is 0.500. The molecule has 0 aliphatic rings. The fourth-order valence-corrected chi connectivity index (χ4v) is 1.86. The van der Waals surface area contributed by atoms with Gasteiger partial charge in [-0.25, -0.2) is 8.78 Å². The standard InChI is InChI=1S/C14H22F2N4O.HI/c1-20(2)12(9-19-14(17)18-7-8-21-3)13-10(15)5-4-6-11(13)16;/h4-6,12H,7-9H2,1-3H3,(H3,17,18,19);1H. The minimum absolute atomic E-state index is 0. The van der Waals surface area contributed by atoms with Crippen LogP contribution in [0.3, 0.4) is 0 Å². The Morgan fingerprint density at radius 1 is 1.36 bits per heavy atom. The summed E-state index contributed by atoms with van der Waals surface area (Å²) in [6.07, 6.45) is 0. The van der Waals surface area contributed by atoms with E-state index in [1.807, 2.05) is 0 Å². The summed E-state index contributed by atoms with van der Waals surface area (Å²) in [5.41, 5.74) is 5.69. The van der Waals surface area contributed by atoms with Crippen molar-refractivity contribution in [1.82, 2.24) is 10.2 Å². The van der Waals surface area contributed by atoms with Gasteiger partial charge in [0.2, 0.25) is 0 Å². The second-order valence-electron chi connectivity index (χ2n) is 4.76. The zero-order valence-corrected chi connectivity index (χ0v) is 15.3. The third kappa shape index (κ3) is 6.41. The van der Waals surface area contributed by atoms with Crippen LogP contribution in [0.2, 0.25) is 0 Å². The average molecular weight is 428 g/mol. The molecule has 0 aliphatic carbocycles. The molecule has 5 nitrogen and oxygen atoms in total. The molecular weight excluding hydrogens is 405 g/mol. The van der Waals surface area contributed by atoms with Gasteiger partial charge < -0.3 is 20.7 Å². The molecule has 0 saturated heterocycles. The van der Waals surface area contributed by atoms with Gasteiger partial charge in [-0.2, -0.15) is 0 Å². The number of hydrogen-bond acceptors (Lipinski definition) is 3. The van der Waals surface area contributed by atoms with Gasteiger partial charge >= 0.3 is 0 Å². The number of methoxy groups -OCH3 is 1. The summed E-state index contributed by atoms with van der Waals surface area (Å²) in [5, 5.41) is 2.86. The van der Waals surface area contributed by atoms with Crippen molar-refractivity contribution in [3.8, 4) is 0 Å². The first-order valence-electron chi connectivity index (χ1n) is 6.60. The predicted octanol–water partition coefficient (Wildman–Crippen LogP) is 1.74. The molecule has 0 heterocycles. The Balaban J connectivity index is 0.00000441. The highest BCUT2D eigenvalue weighted by atomic mass is 127. The minimum Gasteiger partial charge on any atom is -0.383 e. The lowest BCUT2D eigenvalue weighted by molar-refractivity contribution is 0.204. The maximum Gasteiger partial charge on any atom is 0.188 e. The second-order valence-corrected chi connectivity index (χ2v) is 4.76. The van der Waals surface area contributed by atoms with Crippen LogP contribution in [0.15, 0.2) is 23.2 Å². The highest BCUT2D eigenvalue weighted by Crippen LogP contribution is 2.24. The minimum atomic E-state index is -0.588. The first kappa shape index (κ1) is 21.0. The molecule has 0 spiro atoms. The Morgan fingerprint density at radius 3 is 2.45 bits per heavy atom. The molecule has 1 unspecified atom stereocenters. The Morgan fingerprint density at radius 2 is 1.95 bits per heavy atom. The van der Waals surface area contributed by atoms with Crippen molar-refractivity contribution < 1.29 is 13.5 Å². The van der Waals surface area contributed by atoms with Crippen LogP contribution in [0.25, 0.3) is 0 Å². The van der Waals surface area contributed by atoms with Crippen molar-refractivity contribution >= 4 is 29.9 Å². The first-order valence-corrected chi connectivity index (χ1v) is 6.60. The Labute approximate surface area is 146 Å². The van der Waals surface area contributed by atoms with Crippen LogP contribution < -0.4 is 11.1 Å². The number of nitrogens with one attached hydrogen (secondary N) is 1. The third-order valence-electron chi connectivity index (χ3n) is 3.00. The summed E-state index contributed by atoms with van der Waals surface area (Å²) in [6.45, 7) is 1.17. The van der Waals surface area contributed by atoms with E-state index in [0.717, 1.165) is 0 Å². The lowest BCUT2D eigenvalue weighted by atomic mass is 10.0. The number of aliphatic imine (C=N–C) groups is 1. The zero-order chi connectivity index (χ0) is 15.8. The quantitative estimate of drug-likeness (QED) is 0.301. The number of guanidine groups is 1. The zero-order valence-electron chi connectivity index (χ0n) is 13.0. The SMILES string of the molecule is COCCNC(N)=NCC(c1c(F)cccc1F)N(C)C.I. The lowest BCUT2D eigenvalue weighted by Gasteiger charge is -2.24. The highest BCUT2D eigenvalue weighted by Gasteiger charge is 2.21. The molecular formula is C14H23F2IN4O. The van der Waals surface area contributed by atoms with Crippen LogP contribution in [0, 0.1) is 11.6 Å². The van der Waals surface area contributed by atoms with Gasteiger partial charge in [-0.3, -0.25) is 4.99 Å². The molecule has 0 amide bonds. The maximum absolute atomic E-state index is 13.9. The van der Waals surface area contributed by atoms with Gasteiger partial charge in [-0.1, -0.05) is 6.07 Å². The smallest absolute Gasteiger partial charge is 0.188 e. The number of nitrogens with zero attached hydrogens (tertiary/aromatic N) is 2. The van der Waals surface area contributed by atoms with E-state index in [1.165, 1.54) is 18.2 Å². The number of likely N-dealkylation sites (N-methyl/N-ethyl adjacent to an activating group) is 1. The molecule has 0 aromatic heterocycles. The topological polar surface area (TPSA) is 62.9 Å². The molecule has 0 fully saturated rings. The molecule has 0 bridgehead atoms. The van der Waals surface area contributed by atoms with E-state index in [0.29, 0.717) is 13.2 Å². The third-order valence-corrected chi connectivity index (χ3v) is 3.00. The fourth-order valence-electron chi connectivity index (χ4n) is 1.86. The van der Waals surface area contributed by atoms with E-state index < -0.39 is 17.7 Å². The van der Waals surface area contributed by atoms with Gasteiger partial charge in [0.15, 0.2) is 5.96 Å². The average Bonchev–Trinajstić information content (AvgIpc) is 2.41. The van der Waals surface area contributed by atoms with Crippen LogP contribution in [0.4, 0.5) is 8.78 Å². The summed E-state index contributed by atoms with van der Waals surface area (Å²) in [7, 11) is 5.05. The normalized spacial score (nSPS) is 12.9. The largest absolute Gasteiger partial charge is 0.383 e. The number of nitrogens with two attached hydrogens (primary N) is 1. The summed E-state index contributed by atoms with van der Waals surface area (Å²) >= 11 is 0. The number of benzene rings is 1. The molecule has 1 atom stereocenters. The van der Waals surface area contributed by atoms with Gasteiger partial charge in [0.1, 0.15) is 11.6 Å². The van der Waals surface area contributed by atoms with Gasteiger partial charge in [-0.15, -0.1) is 24.0 Å². The lowest BCUT2D eigenvalue weighted by Crippen LogP contribution is -2.35. The van der Waals surface area contributed by atoms with Gasteiger partial charge in [0, 0.05) is 19.2 Å². The van der Waals surface area contributed by atoms with Crippen molar-refractivity contribution in [2.45, 2.75) is 6.04 Å². The van der Waals surface area contributed by atoms with Gasteiger partial charge in [-0.05, 0) is 26.2 Å².